The first-order valence-electron chi connectivity index (χ1n) is 7.40. The second-order valence-electron chi connectivity index (χ2n) is 6.68. The van der Waals surface area contributed by atoms with Crippen LogP contribution in [0.25, 0.3) is 0 Å². The van der Waals surface area contributed by atoms with Crippen LogP contribution in [0.4, 0.5) is 0 Å². The Morgan fingerprint density at radius 1 is 1.05 bits per heavy atom. The number of benzene rings is 1. The maximum Gasteiger partial charge on any atom is -0.147 e. The molecule has 1 aromatic carbocycles. The molecule has 0 saturated heterocycles. The van der Waals surface area contributed by atoms with Crippen LogP contribution in [0.5, 0.6) is 5.75 Å². The summed E-state index contributed by atoms with van der Waals surface area (Å²) in [6.45, 7) is 11.5. The Morgan fingerprint density at radius 3 is 2.14 bits per heavy atom. The molecular formula is C16H27Cl2OSi2Ti. The Hall–Kier alpha value is 0.228. The van der Waals surface area contributed by atoms with Crippen molar-refractivity contribution in [2.75, 3.05) is 0 Å². The van der Waals surface area contributed by atoms with Gasteiger partial charge in [0.2, 0.25) is 0 Å². The molecule has 1 aromatic rings. The van der Waals surface area contributed by atoms with Crippen molar-refractivity contribution in [2.24, 2.45) is 0 Å². The van der Waals surface area contributed by atoms with Gasteiger partial charge in [-0.1, -0.05) is 0 Å². The number of allylic oxidation sites excluding steroid dienone is 4. The van der Waals surface area contributed by atoms with Crippen molar-refractivity contribution in [3.8, 4) is 5.75 Å². The second kappa shape index (κ2) is 9.51. The standard InChI is InChI=1S/C8H13Si.C6H6O.C2H7Si.2ClH.Ti/c1-9(2,3)8-6-4-5-7-8;7-6-4-2-1-3-5-6;1-3-2;;;/h4,6H,5H2,1-3H3;1-5,7H;3H,1-2H3;2*1H;/q;;;;;+1/p-1. The summed E-state index contributed by atoms with van der Waals surface area (Å²) in [6, 6.07) is 10.4. The van der Waals surface area contributed by atoms with Crippen molar-refractivity contribution in [1.29, 1.82) is 0 Å². The van der Waals surface area contributed by atoms with Crippen LogP contribution in [0.2, 0.25) is 32.7 Å². The molecule has 0 atom stereocenters. The molecule has 0 aromatic heterocycles. The van der Waals surface area contributed by atoms with E-state index in [9.17, 15) is 0 Å². The molecule has 1 aliphatic rings. The molecule has 0 spiro atoms. The quantitative estimate of drug-likeness (QED) is 0.581. The van der Waals surface area contributed by atoms with E-state index in [0.717, 1.165) is 12.2 Å². The predicted octanol–water partition coefficient (Wildman–Crippen LogP) is 5.52. The molecule has 123 valence electrons. The number of rotatable bonds is 5. The van der Waals surface area contributed by atoms with Gasteiger partial charge in [-0.15, -0.1) is 24.8 Å². The van der Waals surface area contributed by atoms with Gasteiger partial charge < -0.3 is 0 Å². The number of hydrogen-bond donors (Lipinski definition) is 0. The van der Waals surface area contributed by atoms with Gasteiger partial charge in [-0.3, -0.25) is 0 Å². The zero-order valence-corrected chi connectivity index (χ0v) is 19.4. The fraction of sp³-hybridized carbons (Fsp3) is 0.375. The SMILES string of the molecule is C[SiH](C)[Ti]([O]c1ccccc1)[C]1=C([Si](C)(C)C)C=CC1.Cl.Cl. The Labute approximate surface area is 156 Å². The molecule has 0 unspecified atom stereocenters. The van der Waals surface area contributed by atoms with Gasteiger partial charge in [0, 0.05) is 0 Å². The van der Waals surface area contributed by atoms with E-state index in [2.05, 4.69) is 75.2 Å². The van der Waals surface area contributed by atoms with Crippen molar-refractivity contribution >= 4 is 39.6 Å². The van der Waals surface area contributed by atoms with Gasteiger partial charge in [-0.25, -0.2) is 0 Å². The van der Waals surface area contributed by atoms with Crippen molar-refractivity contribution in [3.63, 3.8) is 0 Å². The van der Waals surface area contributed by atoms with Gasteiger partial charge in [-0.2, -0.15) is 0 Å². The first-order valence-corrected chi connectivity index (χ1v) is 17.9. The van der Waals surface area contributed by atoms with E-state index < -0.39 is 32.3 Å². The average Bonchev–Trinajstić information content (AvgIpc) is 2.85. The maximum absolute atomic E-state index is 6.54. The molecule has 0 amide bonds. The van der Waals surface area contributed by atoms with Crippen LogP contribution in [0, 0.1) is 0 Å². The van der Waals surface area contributed by atoms with Gasteiger partial charge >= 0.3 is 132 Å². The Bertz CT molecular complexity index is 525. The molecule has 0 N–H and O–H groups in total. The molecule has 0 fully saturated rings. The van der Waals surface area contributed by atoms with Crippen molar-refractivity contribution < 1.29 is 20.8 Å². The topological polar surface area (TPSA) is 9.23 Å². The summed E-state index contributed by atoms with van der Waals surface area (Å²) in [7, 11) is -1.24. The second-order valence-corrected chi connectivity index (χ2v) is 24.0. The summed E-state index contributed by atoms with van der Waals surface area (Å²) in [5.41, 5.74) is 0. The Morgan fingerprint density at radius 2 is 1.64 bits per heavy atom. The Balaban J connectivity index is 0.00000220. The molecule has 2 rings (SSSR count). The third-order valence-corrected chi connectivity index (χ3v) is 16.3. The van der Waals surface area contributed by atoms with Crippen LogP contribution in [0.3, 0.4) is 0 Å². The van der Waals surface area contributed by atoms with E-state index >= 15 is 0 Å². The first-order chi connectivity index (χ1) is 9.39. The number of halogens is 2. The van der Waals surface area contributed by atoms with Crippen LogP contribution in [-0.2, 0) is 17.5 Å². The fourth-order valence-corrected chi connectivity index (χ4v) is 15.9. The smallest absolute Gasteiger partial charge is 0.147 e. The molecule has 1 aliphatic carbocycles. The molecule has 0 radical (unpaired) electrons. The van der Waals surface area contributed by atoms with Gasteiger partial charge in [0.15, 0.2) is 0 Å². The fourth-order valence-electron chi connectivity index (χ4n) is 2.58. The predicted molar refractivity (Wildman–Crippen MR) is 105 cm³/mol. The van der Waals surface area contributed by atoms with E-state index in [4.69, 9.17) is 3.32 Å². The summed E-state index contributed by atoms with van der Waals surface area (Å²) >= 11 is -1.57. The summed E-state index contributed by atoms with van der Waals surface area (Å²) < 4.78 is 8.27. The molecule has 6 heteroatoms. The van der Waals surface area contributed by atoms with Crippen molar-refractivity contribution in [3.05, 3.63) is 51.6 Å². The van der Waals surface area contributed by atoms with Gasteiger partial charge in [0.05, 0.1) is 0 Å². The summed E-state index contributed by atoms with van der Waals surface area (Å²) in [5, 5.41) is 1.68. The van der Waals surface area contributed by atoms with Crippen LogP contribution < -0.4 is 3.32 Å². The molecule has 0 aliphatic heterocycles. The number of hydrogen-bond acceptors (Lipinski definition) is 1. The molecular weight excluding hydrogens is 383 g/mol. The zero-order chi connectivity index (χ0) is 14.8. The zero-order valence-electron chi connectivity index (χ0n) is 14.1. The van der Waals surface area contributed by atoms with E-state index in [0.29, 0.717) is 0 Å². The third kappa shape index (κ3) is 5.70. The first kappa shape index (κ1) is 22.2. The minimum atomic E-state index is -1.57. The van der Waals surface area contributed by atoms with Gasteiger partial charge in [0.1, 0.15) is 0 Å². The Kier molecular flexibility index (Phi) is 9.60. The summed E-state index contributed by atoms with van der Waals surface area (Å²) in [5.74, 6) is 1.08. The largest absolute Gasteiger partial charge is 0.147 e. The van der Waals surface area contributed by atoms with Crippen LogP contribution >= 0.6 is 24.8 Å². The van der Waals surface area contributed by atoms with Gasteiger partial charge in [0.25, 0.3) is 0 Å². The molecule has 22 heavy (non-hydrogen) atoms. The average molecular weight is 410 g/mol. The summed E-state index contributed by atoms with van der Waals surface area (Å²) in [4.78, 5) is 0. The van der Waals surface area contributed by atoms with Crippen molar-refractivity contribution in [1.82, 2.24) is 0 Å². The third-order valence-electron chi connectivity index (χ3n) is 3.53. The summed E-state index contributed by atoms with van der Waals surface area (Å²) in [6.07, 6.45) is 5.92. The minimum absolute atomic E-state index is 0. The van der Waals surface area contributed by atoms with E-state index in [1.165, 1.54) is 0 Å². The van der Waals surface area contributed by atoms with E-state index in [-0.39, 0.29) is 24.8 Å². The molecule has 1 nitrogen and oxygen atoms in total. The van der Waals surface area contributed by atoms with Gasteiger partial charge in [-0.05, 0) is 0 Å². The molecule has 0 saturated carbocycles. The maximum atomic E-state index is 6.54. The normalized spacial score (nSPS) is 13.7. The minimum Gasteiger partial charge on any atom is -0.147 e. The number of para-hydroxylation sites is 1. The van der Waals surface area contributed by atoms with E-state index in [1.54, 1.807) is 9.07 Å². The van der Waals surface area contributed by atoms with Crippen LogP contribution in [-0.4, -0.2) is 14.7 Å². The van der Waals surface area contributed by atoms with E-state index in [1.807, 2.05) is 0 Å². The van der Waals surface area contributed by atoms with Crippen LogP contribution in [0.15, 0.2) is 51.6 Å². The molecule has 0 bridgehead atoms. The molecule has 0 heterocycles. The monoisotopic (exact) mass is 409 g/mol. The van der Waals surface area contributed by atoms with Crippen LogP contribution in [0.1, 0.15) is 6.42 Å². The van der Waals surface area contributed by atoms with Crippen molar-refractivity contribution in [2.45, 2.75) is 39.2 Å².